The number of ether oxygens (including phenoxy) is 1. The smallest absolute Gasteiger partial charge is 0.306 e. The molecule has 0 radical (unpaired) electrons. The highest BCUT2D eigenvalue weighted by molar-refractivity contribution is 5.71. The Bertz CT molecular complexity index is 471. The first-order valence-electron chi connectivity index (χ1n) is 5.61. The third kappa shape index (κ3) is 2.59. The first-order chi connectivity index (χ1) is 8.20. The van der Waals surface area contributed by atoms with Gasteiger partial charge in [0.2, 0.25) is 0 Å². The normalized spacial score (nSPS) is 17.9. The lowest BCUT2D eigenvalue weighted by Crippen LogP contribution is -2.22. The number of carboxylic acid groups (broad SMARTS) is 1. The molecule has 1 aliphatic rings. The zero-order chi connectivity index (χ0) is 12.3. The van der Waals surface area contributed by atoms with Crippen molar-refractivity contribution in [2.24, 2.45) is 5.92 Å². The fourth-order valence-corrected chi connectivity index (χ4v) is 2.16. The number of benzene rings is 1. The average Bonchev–Trinajstić information content (AvgIpc) is 2.35. The van der Waals surface area contributed by atoms with E-state index in [9.17, 15) is 4.79 Å². The minimum absolute atomic E-state index is 0.250. The summed E-state index contributed by atoms with van der Waals surface area (Å²) < 4.78 is 5.34. The summed E-state index contributed by atoms with van der Waals surface area (Å²) in [6.45, 7) is 0.260. The average molecular weight is 230 g/mol. The Balaban J connectivity index is 2.14. The van der Waals surface area contributed by atoms with Crippen LogP contribution in [-0.2, 0) is 17.6 Å². The number of carbonyl (C=O) groups is 1. The summed E-state index contributed by atoms with van der Waals surface area (Å²) in [5, 5.41) is 8.99. The van der Waals surface area contributed by atoms with E-state index in [-0.39, 0.29) is 12.5 Å². The summed E-state index contributed by atoms with van der Waals surface area (Å²) in [6, 6.07) is 5.75. The molecule has 0 spiro atoms. The second kappa shape index (κ2) is 4.92. The highest BCUT2D eigenvalue weighted by Gasteiger charge is 2.24. The molecule has 0 heterocycles. The number of aryl methyl sites for hydroxylation is 1. The Labute approximate surface area is 100 Å². The molecule has 2 rings (SSSR count). The van der Waals surface area contributed by atoms with E-state index in [1.54, 1.807) is 0 Å². The lowest BCUT2D eigenvalue weighted by atomic mass is 9.84. The minimum Gasteiger partial charge on any atom is -0.481 e. The SMILES string of the molecule is C#CCOc1ccc2c(c1)CCC(C(=O)O)C2. The van der Waals surface area contributed by atoms with Crippen LogP contribution in [0.5, 0.6) is 5.75 Å². The van der Waals surface area contributed by atoms with E-state index in [2.05, 4.69) is 5.92 Å². The molecule has 3 nitrogen and oxygen atoms in total. The molecule has 0 bridgehead atoms. The van der Waals surface area contributed by atoms with Gasteiger partial charge in [0.1, 0.15) is 12.4 Å². The number of aliphatic carboxylic acids is 1. The maximum Gasteiger partial charge on any atom is 0.306 e. The lowest BCUT2D eigenvalue weighted by molar-refractivity contribution is -0.142. The Morgan fingerprint density at radius 3 is 3.06 bits per heavy atom. The number of hydrogen-bond donors (Lipinski definition) is 1. The van der Waals surface area contributed by atoms with Gasteiger partial charge in [-0.25, -0.2) is 0 Å². The summed E-state index contributed by atoms with van der Waals surface area (Å²) in [7, 11) is 0. The van der Waals surface area contributed by atoms with Crippen LogP contribution in [0.3, 0.4) is 0 Å². The molecule has 0 saturated carbocycles. The van der Waals surface area contributed by atoms with Crippen LogP contribution in [0.15, 0.2) is 18.2 Å². The molecule has 1 aliphatic carbocycles. The number of terminal acetylenes is 1. The van der Waals surface area contributed by atoms with Crippen LogP contribution < -0.4 is 4.74 Å². The lowest BCUT2D eigenvalue weighted by Gasteiger charge is -2.21. The predicted molar refractivity (Wildman–Crippen MR) is 63.9 cm³/mol. The largest absolute Gasteiger partial charge is 0.481 e. The highest BCUT2D eigenvalue weighted by atomic mass is 16.5. The standard InChI is InChI=1S/C14H14O3/c1-2-7-17-13-6-5-10-8-12(14(15)16)4-3-11(10)9-13/h1,5-6,9,12H,3-4,7-8H2,(H,15,16). The van der Waals surface area contributed by atoms with Gasteiger partial charge in [-0.15, -0.1) is 6.42 Å². The van der Waals surface area contributed by atoms with Crippen molar-refractivity contribution in [2.75, 3.05) is 6.61 Å². The molecule has 0 fully saturated rings. The molecular formula is C14H14O3. The number of hydrogen-bond acceptors (Lipinski definition) is 2. The van der Waals surface area contributed by atoms with Crippen molar-refractivity contribution in [1.29, 1.82) is 0 Å². The highest BCUT2D eigenvalue weighted by Crippen LogP contribution is 2.28. The van der Waals surface area contributed by atoms with Crippen LogP contribution >= 0.6 is 0 Å². The quantitative estimate of drug-likeness (QED) is 0.806. The Morgan fingerprint density at radius 2 is 2.35 bits per heavy atom. The van der Waals surface area contributed by atoms with Crippen LogP contribution in [0, 0.1) is 18.3 Å². The fraction of sp³-hybridized carbons (Fsp3) is 0.357. The second-order valence-corrected chi connectivity index (χ2v) is 4.20. The van der Waals surface area contributed by atoms with Crippen molar-refractivity contribution >= 4 is 5.97 Å². The van der Waals surface area contributed by atoms with Gasteiger partial charge in [0.25, 0.3) is 0 Å². The first kappa shape index (κ1) is 11.5. The van der Waals surface area contributed by atoms with E-state index in [0.29, 0.717) is 12.8 Å². The Kier molecular flexibility index (Phi) is 3.34. The van der Waals surface area contributed by atoms with E-state index in [0.717, 1.165) is 17.7 Å². The van der Waals surface area contributed by atoms with Gasteiger partial charge in [0.15, 0.2) is 0 Å². The van der Waals surface area contributed by atoms with Gasteiger partial charge in [-0.1, -0.05) is 12.0 Å². The van der Waals surface area contributed by atoms with E-state index < -0.39 is 5.97 Å². The molecular weight excluding hydrogens is 216 g/mol. The Hall–Kier alpha value is -1.95. The monoisotopic (exact) mass is 230 g/mol. The summed E-state index contributed by atoms with van der Waals surface area (Å²) in [5.74, 6) is 2.22. The summed E-state index contributed by atoms with van der Waals surface area (Å²) in [4.78, 5) is 10.9. The van der Waals surface area contributed by atoms with E-state index >= 15 is 0 Å². The molecule has 0 aliphatic heterocycles. The molecule has 1 unspecified atom stereocenters. The maximum absolute atomic E-state index is 10.9. The van der Waals surface area contributed by atoms with Gasteiger partial charge in [0.05, 0.1) is 5.92 Å². The van der Waals surface area contributed by atoms with Gasteiger partial charge in [-0.2, -0.15) is 0 Å². The molecule has 1 aromatic rings. The van der Waals surface area contributed by atoms with Crippen molar-refractivity contribution < 1.29 is 14.6 Å². The van der Waals surface area contributed by atoms with E-state index in [4.69, 9.17) is 16.3 Å². The number of carboxylic acids is 1. The predicted octanol–water partition coefficient (Wildman–Crippen LogP) is 1.89. The third-order valence-electron chi connectivity index (χ3n) is 3.08. The van der Waals surface area contributed by atoms with Crippen LogP contribution in [0.4, 0.5) is 0 Å². The van der Waals surface area contributed by atoms with Gasteiger partial charge < -0.3 is 9.84 Å². The van der Waals surface area contributed by atoms with Crippen molar-refractivity contribution in [3.63, 3.8) is 0 Å². The van der Waals surface area contributed by atoms with Gasteiger partial charge in [-0.3, -0.25) is 4.79 Å². The number of rotatable bonds is 3. The van der Waals surface area contributed by atoms with Crippen LogP contribution in [0.1, 0.15) is 17.5 Å². The van der Waals surface area contributed by atoms with Crippen molar-refractivity contribution in [3.05, 3.63) is 29.3 Å². The minimum atomic E-state index is -0.705. The van der Waals surface area contributed by atoms with Crippen molar-refractivity contribution in [3.8, 4) is 18.1 Å². The van der Waals surface area contributed by atoms with Crippen LogP contribution in [-0.4, -0.2) is 17.7 Å². The zero-order valence-corrected chi connectivity index (χ0v) is 9.48. The molecule has 0 aromatic heterocycles. The fourth-order valence-electron chi connectivity index (χ4n) is 2.16. The van der Waals surface area contributed by atoms with Crippen LogP contribution in [0.2, 0.25) is 0 Å². The summed E-state index contributed by atoms with van der Waals surface area (Å²) >= 11 is 0. The summed E-state index contributed by atoms with van der Waals surface area (Å²) in [6.07, 6.45) is 7.22. The second-order valence-electron chi connectivity index (χ2n) is 4.20. The molecule has 0 saturated heterocycles. The van der Waals surface area contributed by atoms with E-state index in [1.165, 1.54) is 5.56 Å². The molecule has 1 N–H and O–H groups in total. The molecule has 1 atom stereocenters. The van der Waals surface area contributed by atoms with Crippen LogP contribution in [0.25, 0.3) is 0 Å². The van der Waals surface area contributed by atoms with E-state index in [1.807, 2.05) is 18.2 Å². The third-order valence-corrected chi connectivity index (χ3v) is 3.08. The molecule has 88 valence electrons. The number of fused-ring (bicyclic) bond motifs is 1. The zero-order valence-electron chi connectivity index (χ0n) is 9.48. The molecule has 1 aromatic carbocycles. The van der Waals surface area contributed by atoms with Gasteiger partial charge in [-0.05, 0) is 42.5 Å². The molecule has 17 heavy (non-hydrogen) atoms. The maximum atomic E-state index is 10.9. The van der Waals surface area contributed by atoms with Gasteiger partial charge in [0, 0.05) is 0 Å². The summed E-state index contributed by atoms with van der Waals surface area (Å²) in [5.41, 5.74) is 2.29. The molecule has 3 heteroatoms. The topological polar surface area (TPSA) is 46.5 Å². The van der Waals surface area contributed by atoms with Crippen molar-refractivity contribution in [2.45, 2.75) is 19.3 Å². The van der Waals surface area contributed by atoms with Crippen molar-refractivity contribution in [1.82, 2.24) is 0 Å². The first-order valence-corrected chi connectivity index (χ1v) is 5.61. The Morgan fingerprint density at radius 1 is 1.53 bits per heavy atom. The van der Waals surface area contributed by atoms with Gasteiger partial charge >= 0.3 is 5.97 Å². The molecule has 0 amide bonds.